The van der Waals surface area contributed by atoms with Crippen molar-refractivity contribution >= 4 is 27.8 Å². The molecule has 13 rings (SSSR count). The highest BCUT2D eigenvalue weighted by molar-refractivity contribution is 6.01. The van der Waals surface area contributed by atoms with Crippen LogP contribution in [0, 0.1) is 6.92 Å². The van der Waals surface area contributed by atoms with E-state index in [1.165, 1.54) is 111 Å². The van der Waals surface area contributed by atoms with Crippen LogP contribution in [0.25, 0.3) is 55.3 Å². The molecule has 3 aliphatic carbocycles. The van der Waals surface area contributed by atoms with E-state index in [1.54, 1.807) is 0 Å². The second-order valence-corrected chi connectivity index (χ2v) is 20.1. The zero-order valence-electron chi connectivity index (χ0n) is 38.7. The summed E-state index contributed by atoms with van der Waals surface area (Å²) in [6, 6.07) is 82.7. The van der Waals surface area contributed by atoms with Crippen molar-refractivity contribution in [2.75, 3.05) is 4.90 Å². The molecule has 0 aliphatic heterocycles. The van der Waals surface area contributed by atoms with Crippen molar-refractivity contribution in [1.82, 2.24) is 0 Å². The fraction of sp³-hybridized carbons (Fsp3) is 0.121. The van der Waals surface area contributed by atoms with E-state index in [4.69, 9.17) is 0 Å². The fourth-order valence-electron chi connectivity index (χ4n) is 12.8. The Morgan fingerprint density at radius 2 is 0.791 bits per heavy atom. The van der Waals surface area contributed by atoms with Gasteiger partial charge in [0.05, 0.1) is 11.1 Å². The van der Waals surface area contributed by atoms with E-state index in [-0.39, 0.29) is 10.8 Å². The molecular weight excluding hydrogens is 807 g/mol. The number of hydrogen-bond donors (Lipinski definition) is 0. The summed E-state index contributed by atoms with van der Waals surface area (Å²) >= 11 is 0. The first-order valence-corrected chi connectivity index (χ1v) is 23.8. The summed E-state index contributed by atoms with van der Waals surface area (Å²) in [5.41, 5.74) is 24.8. The number of aryl methyl sites for hydroxylation is 1. The second-order valence-electron chi connectivity index (χ2n) is 20.1. The zero-order chi connectivity index (χ0) is 45.2. The predicted octanol–water partition coefficient (Wildman–Crippen LogP) is 17.3. The molecule has 0 saturated carbocycles. The van der Waals surface area contributed by atoms with Crippen molar-refractivity contribution < 1.29 is 0 Å². The van der Waals surface area contributed by atoms with Crippen LogP contribution in [0.1, 0.15) is 77.8 Å². The Balaban J connectivity index is 1.12. The largest absolute Gasteiger partial charge is 0.310 e. The highest BCUT2D eigenvalue weighted by Gasteiger charge is 2.53. The molecular formula is C66H51N. The fourth-order valence-corrected chi connectivity index (χ4v) is 12.8. The van der Waals surface area contributed by atoms with Crippen molar-refractivity contribution in [3.05, 3.63) is 268 Å². The van der Waals surface area contributed by atoms with Crippen LogP contribution in [-0.4, -0.2) is 0 Å². The van der Waals surface area contributed by atoms with Gasteiger partial charge in [-0.3, -0.25) is 0 Å². The van der Waals surface area contributed by atoms with Crippen molar-refractivity contribution in [3.8, 4) is 44.5 Å². The van der Waals surface area contributed by atoms with Crippen LogP contribution in [0.5, 0.6) is 0 Å². The van der Waals surface area contributed by atoms with E-state index in [0.29, 0.717) is 0 Å². The predicted molar refractivity (Wildman–Crippen MR) is 281 cm³/mol. The van der Waals surface area contributed by atoms with Gasteiger partial charge in [-0.1, -0.05) is 210 Å². The number of hydrogen-bond acceptors (Lipinski definition) is 1. The molecule has 10 aromatic rings. The van der Waals surface area contributed by atoms with Gasteiger partial charge in [0, 0.05) is 27.8 Å². The van der Waals surface area contributed by atoms with E-state index in [0.717, 1.165) is 11.4 Å². The first kappa shape index (κ1) is 39.6. The van der Waals surface area contributed by atoms with Crippen LogP contribution in [-0.2, 0) is 16.2 Å². The molecule has 1 spiro atoms. The van der Waals surface area contributed by atoms with Gasteiger partial charge in [0.2, 0.25) is 0 Å². The number of rotatable bonds is 5. The number of nitrogens with zero attached hydrogens (tertiary/aromatic N) is 1. The monoisotopic (exact) mass is 857 g/mol. The van der Waals surface area contributed by atoms with Gasteiger partial charge < -0.3 is 4.90 Å². The second kappa shape index (κ2) is 14.4. The van der Waals surface area contributed by atoms with Crippen molar-refractivity contribution in [2.24, 2.45) is 0 Å². The van der Waals surface area contributed by atoms with Gasteiger partial charge in [-0.2, -0.15) is 0 Å². The minimum atomic E-state index is -0.520. The van der Waals surface area contributed by atoms with Gasteiger partial charge in [0.25, 0.3) is 0 Å². The van der Waals surface area contributed by atoms with Crippen molar-refractivity contribution in [1.29, 1.82) is 0 Å². The van der Waals surface area contributed by atoms with Gasteiger partial charge >= 0.3 is 0 Å². The Kier molecular flexibility index (Phi) is 8.50. The average molecular weight is 858 g/mol. The molecule has 1 heteroatoms. The smallest absolute Gasteiger partial charge is 0.0720 e. The lowest BCUT2D eigenvalue weighted by atomic mass is 9.55. The van der Waals surface area contributed by atoms with Crippen LogP contribution >= 0.6 is 0 Å². The van der Waals surface area contributed by atoms with Crippen LogP contribution < -0.4 is 4.90 Å². The normalized spacial score (nSPS) is 15.0. The summed E-state index contributed by atoms with van der Waals surface area (Å²) in [6.45, 7) is 11.9. The topological polar surface area (TPSA) is 3.24 Å². The molecule has 0 amide bonds. The van der Waals surface area contributed by atoms with Crippen LogP contribution in [0.15, 0.2) is 218 Å². The Morgan fingerprint density at radius 1 is 0.313 bits per heavy atom. The third-order valence-electron chi connectivity index (χ3n) is 15.8. The number of anilines is 3. The summed E-state index contributed by atoms with van der Waals surface area (Å²) < 4.78 is 0. The Labute approximate surface area is 394 Å². The highest BCUT2D eigenvalue weighted by atomic mass is 15.1. The Morgan fingerprint density at radius 3 is 1.48 bits per heavy atom. The van der Waals surface area contributed by atoms with Gasteiger partial charge in [0.15, 0.2) is 0 Å². The Bertz CT molecular complexity index is 3610. The van der Waals surface area contributed by atoms with E-state index in [2.05, 4.69) is 258 Å². The minimum Gasteiger partial charge on any atom is -0.310 e. The maximum Gasteiger partial charge on any atom is 0.0720 e. The van der Waals surface area contributed by atoms with E-state index >= 15 is 0 Å². The molecule has 0 saturated heterocycles. The molecule has 0 atom stereocenters. The van der Waals surface area contributed by atoms with E-state index in [9.17, 15) is 0 Å². The van der Waals surface area contributed by atoms with Gasteiger partial charge in [-0.15, -0.1) is 0 Å². The molecule has 3 aliphatic rings. The molecule has 10 aromatic carbocycles. The molecule has 0 fully saturated rings. The van der Waals surface area contributed by atoms with Crippen LogP contribution in [0.4, 0.5) is 17.1 Å². The minimum absolute atomic E-state index is 0.172. The zero-order valence-corrected chi connectivity index (χ0v) is 38.7. The molecule has 0 bridgehead atoms. The van der Waals surface area contributed by atoms with Gasteiger partial charge in [-0.05, 0) is 143 Å². The lowest BCUT2D eigenvalue weighted by molar-refractivity contribution is 0.563. The first-order valence-electron chi connectivity index (χ1n) is 23.8. The maximum atomic E-state index is 2.59. The summed E-state index contributed by atoms with van der Waals surface area (Å²) in [5.74, 6) is 0. The standard InChI is InChI=1S/C66H51N/c1-42-38-45(49-27-19-23-43-22-9-10-24-48(43)49)39-54(44-20-7-6-8-21-44)63(42)67(46-34-36-52-50-25-11-13-28-55(50)64(2,3)61(52)40-46)47-35-37-53-51-26-12-14-29-56(51)66(62(53)41-47)59-32-17-15-30-57(59)65(4,5)58-31-16-18-33-60(58)66/h6-41H,1-5H3. The number of benzene rings is 10. The van der Waals surface area contributed by atoms with Crippen LogP contribution in [0.2, 0.25) is 0 Å². The van der Waals surface area contributed by atoms with Gasteiger partial charge in [0.1, 0.15) is 0 Å². The summed E-state index contributed by atoms with van der Waals surface area (Å²) in [4.78, 5) is 2.59. The lowest BCUT2D eigenvalue weighted by Crippen LogP contribution is -2.40. The Hall–Kier alpha value is -7.74. The molecule has 1 nitrogen and oxygen atoms in total. The summed E-state index contributed by atoms with van der Waals surface area (Å²) in [7, 11) is 0. The lowest BCUT2D eigenvalue weighted by Gasteiger charge is -2.46. The first-order chi connectivity index (χ1) is 32.7. The molecule has 0 N–H and O–H groups in total. The molecule has 320 valence electrons. The van der Waals surface area contributed by atoms with Crippen molar-refractivity contribution in [3.63, 3.8) is 0 Å². The van der Waals surface area contributed by atoms with E-state index < -0.39 is 5.41 Å². The van der Waals surface area contributed by atoms with Crippen molar-refractivity contribution in [2.45, 2.75) is 50.9 Å². The number of fused-ring (bicyclic) bond motifs is 13. The quantitative estimate of drug-likeness (QED) is 0.167. The summed E-state index contributed by atoms with van der Waals surface area (Å²) in [6.07, 6.45) is 0. The molecule has 0 aromatic heterocycles. The molecule has 67 heavy (non-hydrogen) atoms. The maximum absolute atomic E-state index is 2.59. The molecule has 0 radical (unpaired) electrons. The SMILES string of the molecule is Cc1cc(-c2cccc3ccccc23)cc(-c2ccccc2)c1N(c1ccc2c(c1)C(C)(C)c1ccccc1-2)c1ccc2c(c1)C1(c3ccccc3-2)c2ccccc2C(C)(C)c2ccccc21. The molecule has 0 unspecified atom stereocenters. The average Bonchev–Trinajstić information content (AvgIpc) is 3.78. The summed E-state index contributed by atoms with van der Waals surface area (Å²) in [5, 5.41) is 2.50. The third kappa shape index (κ3) is 5.49. The molecule has 0 heterocycles. The van der Waals surface area contributed by atoms with Crippen LogP contribution in [0.3, 0.4) is 0 Å². The van der Waals surface area contributed by atoms with E-state index in [1.807, 2.05) is 0 Å². The highest BCUT2D eigenvalue weighted by Crippen LogP contribution is 2.63. The van der Waals surface area contributed by atoms with Gasteiger partial charge in [-0.25, -0.2) is 0 Å². The third-order valence-corrected chi connectivity index (χ3v) is 15.8.